The first kappa shape index (κ1) is 20.3. The lowest BCUT2D eigenvalue weighted by Gasteiger charge is -2.17. The standard InChI is InChI=1S/C24H27N5S/c1-15-12-16(2)14-19(13-15)27-24-28-22-18(9-10-25)6-4-7-20(22)23(29-24)26-17(3)21-8-5-11-30-21/h4-8,11-14,17H,9-10,25H2,1-3H3,(H2,26,27,28,29)/t17-/m1/s1. The first-order chi connectivity index (χ1) is 14.5. The summed E-state index contributed by atoms with van der Waals surface area (Å²) >= 11 is 1.74. The second-order valence-corrected chi connectivity index (χ2v) is 8.61. The molecule has 0 bridgehead atoms. The van der Waals surface area contributed by atoms with E-state index in [2.05, 4.69) is 85.3 Å². The molecule has 0 unspecified atom stereocenters. The van der Waals surface area contributed by atoms with Crippen molar-refractivity contribution in [3.63, 3.8) is 0 Å². The minimum atomic E-state index is 0.148. The number of fused-ring (bicyclic) bond motifs is 1. The average Bonchev–Trinajstić information content (AvgIpc) is 3.23. The lowest BCUT2D eigenvalue weighted by molar-refractivity contribution is 0.898. The van der Waals surface area contributed by atoms with Gasteiger partial charge in [0.05, 0.1) is 11.6 Å². The molecule has 0 aliphatic heterocycles. The second kappa shape index (κ2) is 8.81. The molecular formula is C24H27N5S. The van der Waals surface area contributed by atoms with Gasteiger partial charge in [0.15, 0.2) is 0 Å². The van der Waals surface area contributed by atoms with Gasteiger partial charge in [0.2, 0.25) is 5.95 Å². The maximum absolute atomic E-state index is 5.86. The zero-order chi connectivity index (χ0) is 21.1. The Labute approximate surface area is 181 Å². The minimum absolute atomic E-state index is 0.148. The van der Waals surface area contributed by atoms with Gasteiger partial charge in [-0.15, -0.1) is 11.3 Å². The molecule has 1 atom stereocenters. The van der Waals surface area contributed by atoms with E-state index in [0.29, 0.717) is 12.5 Å². The zero-order valence-electron chi connectivity index (χ0n) is 17.6. The fraction of sp³-hybridized carbons (Fsp3) is 0.250. The molecule has 0 spiro atoms. The zero-order valence-corrected chi connectivity index (χ0v) is 18.4. The Morgan fingerprint density at radius 2 is 1.83 bits per heavy atom. The SMILES string of the molecule is Cc1cc(C)cc(Nc2nc(N[C@H](C)c3cccs3)c3cccc(CCN)c3n2)c1. The predicted molar refractivity (Wildman–Crippen MR) is 128 cm³/mol. The van der Waals surface area contributed by atoms with Crippen LogP contribution >= 0.6 is 11.3 Å². The molecule has 5 nitrogen and oxygen atoms in total. The highest BCUT2D eigenvalue weighted by atomic mass is 32.1. The van der Waals surface area contributed by atoms with E-state index >= 15 is 0 Å². The van der Waals surface area contributed by atoms with E-state index in [0.717, 1.165) is 34.4 Å². The van der Waals surface area contributed by atoms with Crippen molar-refractivity contribution >= 4 is 39.7 Å². The molecule has 0 amide bonds. The number of nitrogens with zero attached hydrogens (tertiary/aromatic N) is 2. The van der Waals surface area contributed by atoms with Gasteiger partial charge in [0, 0.05) is 16.0 Å². The number of benzene rings is 2. The molecule has 2 aromatic heterocycles. The summed E-state index contributed by atoms with van der Waals surface area (Å²) in [6.45, 7) is 6.92. The molecule has 4 aromatic rings. The molecule has 4 N–H and O–H groups in total. The van der Waals surface area contributed by atoms with Crippen molar-refractivity contribution in [3.05, 3.63) is 75.5 Å². The van der Waals surface area contributed by atoms with E-state index in [1.54, 1.807) is 11.3 Å². The maximum Gasteiger partial charge on any atom is 0.229 e. The number of nitrogens with two attached hydrogens (primary N) is 1. The van der Waals surface area contributed by atoms with E-state index in [1.165, 1.54) is 16.0 Å². The van der Waals surface area contributed by atoms with Crippen LogP contribution in [0.2, 0.25) is 0 Å². The van der Waals surface area contributed by atoms with Crippen molar-refractivity contribution in [1.82, 2.24) is 9.97 Å². The maximum atomic E-state index is 5.86. The Morgan fingerprint density at radius 3 is 2.53 bits per heavy atom. The third-order valence-corrected chi connectivity index (χ3v) is 6.08. The van der Waals surface area contributed by atoms with Gasteiger partial charge in [-0.1, -0.05) is 24.3 Å². The molecule has 6 heteroatoms. The second-order valence-electron chi connectivity index (χ2n) is 7.63. The summed E-state index contributed by atoms with van der Waals surface area (Å²) in [5.41, 5.74) is 11.3. The number of para-hydroxylation sites is 1. The van der Waals surface area contributed by atoms with Gasteiger partial charge in [0.1, 0.15) is 5.82 Å². The normalized spacial score (nSPS) is 12.1. The van der Waals surface area contributed by atoms with Crippen LogP contribution in [0.4, 0.5) is 17.5 Å². The van der Waals surface area contributed by atoms with Gasteiger partial charge in [-0.2, -0.15) is 4.98 Å². The summed E-state index contributed by atoms with van der Waals surface area (Å²) in [6.07, 6.45) is 0.775. The highest BCUT2D eigenvalue weighted by Gasteiger charge is 2.14. The van der Waals surface area contributed by atoms with Gasteiger partial charge in [-0.25, -0.2) is 4.98 Å². The monoisotopic (exact) mass is 417 g/mol. The van der Waals surface area contributed by atoms with Gasteiger partial charge >= 0.3 is 0 Å². The van der Waals surface area contributed by atoms with Crippen LogP contribution in [0.15, 0.2) is 53.9 Å². The highest BCUT2D eigenvalue weighted by Crippen LogP contribution is 2.30. The minimum Gasteiger partial charge on any atom is -0.362 e. The lowest BCUT2D eigenvalue weighted by atomic mass is 10.1. The molecule has 0 aliphatic carbocycles. The van der Waals surface area contributed by atoms with E-state index in [-0.39, 0.29) is 6.04 Å². The van der Waals surface area contributed by atoms with Crippen molar-refractivity contribution in [3.8, 4) is 0 Å². The fourth-order valence-corrected chi connectivity index (χ4v) is 4.46. The third-order valence-electron chi connectivity index (χ3n) is 5.02. The molecule has 154 valence electrons. The van der Waals surface area contributed by atoms with E-state index in [1.807, 2.05) is 0 Å². The van der Waals surface area contributed by atoms with Gasteiger partial charge in [-0.05, 0) is 80.1 Å². The Bertz CT molecular complexity index is 1130. The number of anilines is 3. The van der Waals surface area contributed by atoms with Crippen LogP contribution in [0.3, 0.4) is 0 Å². The van der Waals surface area contributed by atoms with Crippen LogP contribution in [-0.2, 0) is 6.42 Å². The Kier molecular flexibility index (Phi) is 5.97. The number of thiophene rings is 1. The van der Waals surface area contributed by atoms with Crippen LogP contribution < -0.4 is 16.4 Å². The van der Waals surface area contributed by atoms with Crippen LogP contribution in [0.5, 0.6) is 0 Å². The van der Waals surface area contributed by atoms with Crippen molar-refractivity contribution in [2.75, 3.05) is 17.2 Å². The lowest BCUT2D eigenvalue weighted by Crippen LogP contribution is -2.10. The topological polar surface area (TPSA) is 75.9 Å². The smallest absolute Gasteiger partial charge is 0.229 e. The Hall–Kier alpha value is -2.96. The molecular weight excluding hydrogens is 390 g/mol. The number of hydrogen-bond acceptors (Lipinski definition) is 6. The molecule has 30 heavy (non-hydrogen) atoms. The van der Waals surface area contributed by atoms with Gasteiger partial charge in [0.25, 0.3) is 0 Å². The summed E-state index contributed by atoms with van der Waals surface area (Å²) in [4.78, 5) is 11.0. The van der Waals surface area contributed by atoms with Crippen LogP contribution in [-0.4, -0.2) is 16.5 Å². The molecule has 0 aliphatic rings. The van der Waals surface area contributed by atoms with Crippen LogP contribution in [0.25, 0.3) is 10.9 Å². The Balaban J connectivity index is 1.78. The van der Waals surface area contributed by atoms with Crippen molar-refractivity contribution in [1.29, 1.82) is 0 Å². The van der Waals surface area contributed by atoms with E-state index < -0.39 is 0 Å². The third kappa shape index (κ3) is 4.45. The summed E-state index contributed by atoms with van der Waals surface area (Å²) < 4.78 is 0. The van der Waals surface area contributed by atoms with Crippen molar-refractivity contribution in [2.24, 2.45) is 5.73 Å². The van der Waals surface area contributed by atoms with Gasteiger partial charge < -0.3 is 16.4 Å². The molecule has 0 fully saturated rings. The summed E-state index contributed by atoms with van der Waals surface area (Å²) in [5.74, 6) is 1.41. The van der Waals surface area contributed by atoms with E-state index in [9.17, 15) is 0 Å². The number of rotatable bonds is 7. The molecule has 2 aromatic carbocycles. The largest absolute Gasteiger partial charge is 0.362 e. The number of aryl methyl sites for hydroxylation is 2. The van der Waals surface area contributed by atoms with Crippen LogP contribution in [0.1, 0.15) is 34.5 Å². The predicted octanol–water partition coefficient (Wildman–Crippen LogP) is 5.73. The number of hydrogen-bond donors (Lipinski definition) is 3. The number of nitrogens with one attached hydrogen (secondary N) is 2. The molecule has 0 saturated carbocycles. The molecule has 0 radical (unpaired) electrons. The fourth-order valence-electron chi connectivity index (χ4n) is 3.72. The summed E-state index contributed by atoms with van der Waals surface area (Å²) in [5, 5.41) is 10.1. The van der Waals surface area contributed by atoms with Crippen molar-refractivity contribution < 1.29 is 0 Å². The van der Waals surface area contributed by atoms with Gasteiger partial charge in [-0.3, -0.25) is 0 Å². The highest BCUT2D eigenvalue weighted by molar-refractivity contribution is 7.10. The molecule has 0 saturated heterocycles. The molecule has 4 rings (SSSR count). The average molecular weight is 418 g/mol. The van der Waals surface area contributed by atoms with Crippen molar-refractivity contribution in [2.45, 2.75) is 33.2 Å². The molecule has 2 heterocycles. The Morgan fingerprint density at radius 1 is 1.03 bits per heavy atom. The van der Waals surface area contributed by atoms with Crippen LogP contribution in [0, 0.1) is 13.8 Å². The van der Waals surface area contributed by atoms with E-state index in [4.69, 9.17) is 15.7 Å². The number of aromatic nitrogens is 2. The first-order valence-electron chi connectivity index (χ1n) is 10.2. The quantitative estimate of drug-likeness (QED) is 0.358. The summed E-state index contributed by atoms with van der Waals surface area (Å²) in [6, 6.07) is 16.9. The first-order valence-corrected chi connectivity index (χ1v) is 11.1. The summed E-state index contributed by atoms with van der Waals surface area (Å²) in [7, 11) is 0.